The Morgan fingerprint density at radius 2 is 1.87 bits per heavy atom. The lowest BCUT2D eigenvalue weighted by molar-refractivity contribution is -0.142. The predicted molar refractivity (Wildman–Crippen MR) is 112 cm³/mol. The Hall–Kier alpha value is -2.55. The molecule has 1 fully saturated rings. The molecule has 2 heterocycles. The van der Waals surface area contributed by atoms with Crippen LogP contribution in [0.2, 0.25) is 0 Å². The van der Waals surface area contributed by atoms with E-state index in [4.69, 9.17) is 0 Å². The number of hydrogen-bond donors (Lipinski definition) is 1. The van der Waals surface area contributed by atoms with Crippen LogP contribution >= 0.6 is 0 Å². The molecule has 0 spiro atoms. The summed E-state index contributed by atoms with van der Waals surface area (Å²) >= 11 is 0. The highest BCUT2D eigenvalue weighted by atomic mass is 19.4. The summed E-state index contributed by atoms with van der Waals surface area (Å²) in [5.41, 5.74) is 2.05. The van der Waals surface area contributed by atoms with Gasteiger partial charge >= 0.3 is 6.18 Å². The van der Waals surface area contributed by atoms with E-state index < -0.39 is 11.9 Å². The fourth-order valence-electron chi connectivity index (χ4n) is 4.35. The second-order valence-electron chi connectivity index (χ2n) is 8.37. The Morgan fingerprint density at radius 3 is 2.61 bits per heavy atom. The van der Waals surface area contributed by atoms with Gasteiger partial charge in [-0.25, -0.2) is 0 Å². The molecule has 1 N–H and O–H groups in total. The molecule has 2 aliphatic rings. The fourth-order valence-corrected chi connectivity index (χ4v) is 4.35. The second kappa shape index (κ2) is 8.90. The van der Waals surface area contributed by atoms with Gasteiger partial charge < -0.3 is 15.1 Å². The summed E-state index contributed by atoms with van der Waals surface area (Å²) in [5, 5.41) is 6.59. The number of anilines is 1. The zero-order valence-corrected chi connectivity index (χ0v) is 17.7. The van der Waals surface area contributed by atoms with Crippen molar-refractivity contribution in [3.8, 4) is 0 Å². The summed E-state index contributed by atoms with van der Waals surface area (Å²) in [7, 11) is 2.11. The normalized spacial score (nSPS) is 17.5. The van der Waals surface area contributed by atoms with Crippen molar-refractivity contribution in [3.63, 3.8) is 0 Å². The average molecular weight is 435 g/mol. The monoisotopic (exact) mass is 435 g/mol. The van der Waals surface area contributed by atoms with Crippen LogP contribution in [-0.2, 0) is 36.9 Å². The van der Waals surface area contributed by atoms with Gasteiger partial charge in [0.05, 0.1) is 0 Å². The highest BCUT2D eigenvalue weighted by Crippen LogP contribution is 2.35. The summed E-state index contributed by atoms with van der Waals surface area (Å²) in [6, 6.07) is 8.03. The van der Waals surface area contributed by atoms with Crippen LogP contribution < -0.4 is 10.2 Å². The molecule has 1 amide bonds. The van der Waals surface area contributed by atoms with Crippen molar-refractivity contribution < 1.29 is 18.0 Å². The first-order valence-corrected chi connectivity index (χ1v) is 10.8. The molecule has 1 aliphatic carbocycles. The van der Waals surface area contributed by atoms with Crippen LogP contribution in [0.3, 0.4) is 0 Å². The van der Waals surface area contributed by atoms with Crippen molar-refractivity contribution in [2.45, 2.75) is 44.9 Å². The highest BCUT2D eigenvalue weighted by Gasteiger charge is 2.39. The van der Waals surface area contributed by atoms with Gasteiger partial charge in [0, 0.05) is 49.7 Å². The molecule has 1 saturated heterocycles. The molecule has 6 nitrogen and oxygen atoms in total. The Balaban J connectivity index is 1.39. The Morgan fingerprint density at radius 1 is 1.13 bits per heavy atom. The van der Waals surface area contributed by atoms with E-state index in [1.165, 1.54) is 4.68 Å². The third-order valence-corrected chi connectivity index (χ3v) is 6.09. The molecule has 1 aromatic carbocycles. The van der Waals surface area contributed by atoms with Crippen LogP contribution in [0, 0.1) is 0 Å². The number of alkyl halides is 3. The first-order chi connectivity index (χ1) is 14.8. The van der Waals surface area contributed by atoms with E-state index in [-0.39, 0.29) is 18.0 Å². The number of hydrogen-bond acceptors (Lipinski definition) is 4. The van der Waals surface area contributed by atoms with Crippen LogP contribution in [0.15, 0.2) is 24.3 Å². The van der Waals surface area contributed by atoms with Crippen molar-refractivity contribution >= 4 is 11.6 Å². The molecule has 168 valence electrons. The number of amides is 1. The minimum Gasteiger partial charge on any atom is -0.369 e. The molecule has 4 rings (SSSR count). The molecule has 0 bridgehead atoms. The maximum Gasteiger partial charge on any atom is 0.435 e. The van der Waals surface area contributed by atoms with Crippen LogP contribution in [0.1, 0.15) is 35.4 Å². The van der Waals surface area contributed by atoms with Crippen molar-refractivity contribution in [2.75, 3.05) is 38.1 Å². The highest BCUT2D eigenvalue weighted by molar-refractivity contribution is 5.75. The molecular weight excluding hydrogens is 407 g/mol. The van der Waals surface area contributed by atoms with E-state index >= 15 is 0 Å². The third-order valence-electron chi connectivity index (χ3n) is 6.09. The molecule has 31 heavy (non-hydrogen) atoms. The molecule has 2 aromatic rings. The first kappa shape index (κ1) is 21.7. The van der Waals surface area contributed by atoms with Gasteiger partial charge in [0.25, 0.3) is 0 Å². The van der Waals surface area contributed by atoms with E-state index in [2.05, 4.69) is 39.4 Å². The second-order valence-corrected chi connectivity index (χ2v) is 8.37. The SMILES string of the molecule is CN1CCN(c2cccc(CNC(=O)Cn3nc(C(F)(F)F)c4c3CCCC4)c2)CC1. The molecule has 0 radical (unpaired) electrons. The summed E-state index contributed by atoms with van der Waals surface area (Å²) in [6.45, 7) is 4.06. The van der Waals surface area contributed by atoms with Crippen LogP contribution in [0.5, 0.6) is 0 Å². The van der Waals surface area contributed by atoms with E-state index in [1.807, 2.05) is 12.1 Å². The summed E-state index contributed by atoms with van der Waals surface area (Å²) in [4.78, 5) is 17.1. The molecule has 0 saturated carbocycles. The lowest BCUT2D eigenvalue weighted by Crippen LogP contribution is -2.44. The molecule has 9 heteroatoms. The quantitative estimate of drug-likeness (QED) is 0.785. The smallest absolute Gasteiger partial charge is 0.369 e. The van der Waals surface area contributed by atoms with Crippen molar-refractivity contribution in [1.82, 2.24) is 20.0 Å². The van der Waals surface area contributed by atoms with E-state index in [0.717, 1.165) is 50.3 Å². The van der Waals surface area contributed by atoms with E-state index in [1.54, 1.807) is 0 Å². The number of carbonyl (C=O) groups excluding carboxylic acids is 1. The Kier molecular flexibility index (Phi) is 6.22. The third kappa shape index (κ3) is 5.03. The average Bonchev–Trinajstić information content (AvgIpc) is 3.12. The summed E-state index contributed by atoms with van der Waals surface area (Å²) < 4.78 is 41.2. The zero-order chi connectivity index (χ0) is 22.0. The number of benzene rings is 1. The maximum absolute atomic E-state index is 13.3. The minimum absolute atomic E-state index is 0.198. The van der Waals surface area contributed by atoms with Gasteiger partial charge in [-0.05, 0) is 50.4 Å². The summed E-state index contributed by atoms with van der Waals surface area (Å²) in [6.07, 6.45) is -2.06. The number of rotatable bonds is 5. The van der Waals surface area contributed by atoms with Gasteiger partial charge in [0.2, 0.25) is 5.91 Å². The van der Waals surface area contributed by atoms with Crippen molar-refractivity contribution in [1.29, 1.82) is 0 Å². The number of carbonyl (C=O) groups is 1. The maximum atomic E-state index is 13.3. The number of fused-ring (bicyclic) bond motifs is 1. The van der Waals surface area contributed by atoms with Crippen LogP contribution in [-0.4, -0.2) is 53.8 Å². The standard InChI is InChI=1S/C22H28F3N5O/c1-28-9-11-29(12-10-28)17-6-4-5-16(13-17)14-26-20(31)15-30-19-8-3-2-7-18(19)21(27-30)22(23,24)25/h4-6,13H,2-3,7-12,14-15H2,1H3,(H,26,31). The van der Waals surface area contributed by atoms with Crippen LogP contribution in [0.4, 0.5) is 18.9 Å². The Labute approximate surface area is 180 Å². The predicted octanol–water partition coefficient (Wildman–Crippen LogP) is 2.85. The number of nitrogens with one attached hydrogen (secondary N) is 1. The van der Waals surface area contributed by atoms with Gasteiger partial charge in [-0.15, -0.1) is 0 Å². The molecule has 1 aliphatic heterocycles. The number of halogens is 3. The minimum atomic E-state index is -4.49. The van der Waals surface area contributed by atoms with Crippen LogP contribution in [0.25, 0.3) is 0 Å². The molecule has 0 unspecified atom stereocenters. The van der Waals surface area contributed by atoms with E-state index in [0.29, 0.717) is 25.1 Å². The van der Waals surface area contributed by atoms with Gasteiger partial charge in [0.1, 0.15) is 6.54 Å². The number of likely N-dealkylation sites (N-methyl/N-ethyl adjacent to an activating group) is 1. The van der Waals surface area contributed by atoms with Crippen molar-refractivity contribution in [2.24, 2.45) is 0 Å². The number of aromatic nitrogens is 2. The molecule has 1 aromatic heterocycles. The zero-order valence-electron chi connectivity index (χ0n) is 17.7. The van der Waals surface area contributed by atoms with Gasteiger partial charge in [-0.3, -0.25) is 9.48 Å². The first-order valence-electron chi connectivity index (χ1n) is 10.8. The van der Waals surface area contributed by atoms with Gasteiger partial charge in [-0.2, -0.15) is 18.3 Å². The largest absolute Gasteiger partial charge is 0.435 e. The number of nitrogens with zero attached hydrogens (tertiary/aromatic N) is 4. The van der Waals surface area contributed by atoms with E-state index in [9.17, 15) is 18.0 Å². The molecular formula is C22H28F3N5O. The van der Waals surface area contributed by atoms with Gasteiger partial charge in [0.15, 0.2) is 5.69 Å². The van der Waals surface area contributed by atoms with Crippen molar-refractivity contribution in [3.05, 3.63) is 46.8 Å². The lowest BCUT2D eigenvalue weighted by Gasteiger charge is -2.34. The Bertz CT molecular complexity index is 932. The van der Waals surface area contributed by atoms with Gasteiger partial charge in [-0.1, -0.05) is 12.1 Å². The number of piperazine rings is 1. The molecule has 0 atom stereocenters. The summed E-state index contributed by atoms with van der Waals surface area (Å²) in [5.74, 6) is -0.338. The fraction of sp³-hybridized carbons (Fsp3) is 0.545. The lowest BCUT2D eigenvalue weighted by atomic mass is 9.95. The topological polar surface area (TPSA) is 53.4 Å².